The average molecular weight is 443 g/mol. The Bertz CT molecular complexity index is 1250. The van der Waals surface area contributed by atoms with E-state index in [1.165, 1.54) is 11.6 Å². The molecule has 4 rings (SSSR count). The minimum absolute atomic E-state index is 0.181. The number of methoxy groups -OCH3 is 1. The molecule has 0 saturated carbocycles. The summed E-state index contributed by atoms with van der Waals surface area (Å²) in [7, 11) is 1.57. The highest BCUT2D eigenvalue weighted by molar-refractivity contribution is 5.90. The number of carboxylic acid groups (broad SMARTS) is 1. The molecule has 0 atom stereocenters. The Morgan fingerprint density at radius 1 is 0.939 bits per heavy atom. The fourth-order valence-electron chi connectivity index (χ4n) is 3.82. The molecule has 0 fully saturated rings. The summed E-state index contributed by atoms with van der Waals surface area (Å²) in [5.41, 5.74) is 4.49. The monoisotopic (exact) mass is 442 g/mol. The Balaban J connectivity index is 1.82. The molecule has 0 radical (unpaired) electrons. The van der Waals surface area contributed by atoms with Gasteiger partial charge >= 0.3 is 5.97 Å². The van der Waals surface area contributed by atoms with Crippen molar-refractivity contribution >= 4 is 5.97 Å². The summed E-state index contributed by atoms with van der Waals surface area (Å²) < 4.78 is 13.3. The first kappa shape index (κ1) is 22.1. The van der Waals surface area contributed by atoms with Gasteiger partial charge in [-0.2, -0.15) is 5.10 Å². The number of hydrogen-bond donors (Lipinski definition) is 1. The zero-order valence-corrected chi connectivity index (χ0v) is 18.7. The third kappa shape index (κ3) is 4.90. The van der Waals surface area contributed by atoms with Crippen molar-refractivity contribution in [3.05, 3.63) is 90.0 Å². The maximum atomic E-state index is 11.6. The summed E-state index contributed by atoms with van der Waals surface area (Å²) >= 11 is 0. The number of carboxylic acids is 1. The second kappa shape index (κ2) is 10.0. The van der Waals surface area contributed by atoms with Crippen molar-refractivity contribution in [3.63, 3.8) is 0 Å². The largest absolute Gasteiger partial charge is 0.496 e. The summed E-state index contributed by atoms with van der Waals surface area (Å²) in [6, 6.07) is 24.9. The van der Waals surface area contributed by atoms with Crippen molar-refractivity contribution in [1.29, 1.82) is 0 Å². The number of hydrogen-bond acceptors (Lipinski definition) is 4. The van der Waals surface area contributed by atoms with Crippen LogP contribution in [0.4, 0.5) is 0 Å². The SMILES string of the molecule is CCOc1ccccc1-c1cc(-c2cc(C(=O)O)ccc2OC)nn1CCc1ccccc1. The topological polar surface area (TPSA) is 73.6 Å². The van der Waals surface area contributed by atoms with E-state index >= 15 is 0 Å². The van der Waals surface area contributed by atoms with E-state index in [-0.39, 0.29) is 5.56 Å². The van der Waals surface area contributed by atoms with E-state index in [9.17, 15) is 9.90 Å². The van der Waals surface area contributed by atoms with Crippen LogP contribution in [0.2, 0.25) is 0 Å². The van der Waals surface area contributed by atoms with Gasteiger partial charge in [0.15, 0.2) is 0 Å². The molecule has 3 aromatic carbocycles. The van der Waals surface area contributed by atoms with Gasteiger partial charge in [-0.15, -0.1) is 0 Å². The lowest BCUT2D eigenvalue weighted by atomic mass is 10.0. The molecule has 0 unspecified atom stereocenters. The number of aryl methyl sites for hydroxylation is 2. The van der Waals surface area contributed by atoms with Gasteiger partial charge in [-0.1, -0.05) is 42.5 Å². The van der Waals surface area contributed by atoms with Gasteiger partial charge in [0.05, 0.1) is 30.7 Å². The maximum absolute atomic E-state index is 11.6. The van der Waals surface area contributed by atoms with Crippen molar-refractivity contribution < 1.29 is 19.4 Å². The molecule has 0 aliphatic rings. The Kier molecular flexibility index (Phi) is 6.74. The van der Waals surface area contributed by atoms with Crippen LogP contribution < -0.4 is 9.47 Å². The van der Waals surface area contributed by atoms with Crippen molar-refractivity contribution in [3.8, 4) is 34.0 Å². The van der Waals surface area contributed by atoms with Crippen LogP contribution in [0.25, 0.3) is 22.5 Å². The zero-order valence-electron chi connectivity index (χ0n) is 18.7. The summed E-state index contributed by atoms with van der Waals surface area (Å²) in [5, 5.41) is 14.4. The second-order valence-electron chi connectivity index (χ2n) is 7.52. The summed E-state index contributed by atoms with van der Waals surface area (Å²) in [6.07, 6.45) is 0.804. The maximum Gasteiger partial charge on any atom is 0.335 e. The number of aromatic nitrogens is 2. The number of rotatable bonds is 9. The lowest BCUT2D eigenvalue weighted by molar-refractivity contribution is 0.0697. The van der Waals surface area contributed by atoms with Gasteiger partial charge in [-0.25, -0.2) is 4.79 Å². The van der Waals surface area contributed by atoms with Crippen LogP contribution in [0.3, 0.4) is 0 Å². The van der Waals surface area contributed by atoms with Crippen LogP contribution in [-0.2, 0) is 13.0 Å². The standard InChI is InChI=1S/C27H26N2O4/c1-3-33-26-12-8-7-11-21(26)24-18-23(22-17-20(27(30)31)13-14-25(22)32-2)28-29(24)16-15-19-9-5-4-6-10-19/h4-14,17-18H,3,15-16H2,1-2H3,(H,30,31). The molecule has 6 heteroatoms. The van der Waals surface area contributed by atoms with Crippen LogP contribution in [0.15, 0.2) is 78.9 Å². The van der Waals surface area contributed by atoms with Gasteiger partial charge in [0.2, 0.25) is 0 Å². The van der Waals surface area contributed by atoms with E-state index in [4.69, 9.17) is 14.6 Å². The fourth-order valence-corrected chi connectivity index (χ4v) is 3.82. The molecule has 6 nitrogen and oxygen atoms in total. The Hall–Kier alpha value is -4.06. The summed E-state index contributed by atoms with van der Waals surface area (Å²) in [4.78, 5) is 11.6. The van der Waals surface area contributed by atoms with E-state index < -0.39 is 5.97 Å². The second-order valence-corrected chi connectivity index (χ2v) is 7.52. The number of nitrogens with zero attached hydrogens (tertiary/aromatic N) is 2. The van der Waals surface area contributed by atoms with Gasteiger partial charge < -0.3 is 14.6 Å². The smallest absolute Gasteiger partial charge is 0.335 e. The molecule has 168 valence electrons. The number of carbonyl (C=O) groups is 1. The highest BCUT2D eigenvalue weighted by atomic mass is 16.5. The third-order valence-electron chi connectivity index (χ3n) is 5.42. The first-order chi connectivity index (χ1) is 16.1. The molecule has 0 spiro atoms. The summed E-state index contributed by atoms with van der Waals surface area (Å²) in [5.74, 6) is 0.348. The molecule has 1 N–H and O–H groups in total. The Morgan fingerprint density at radius 2 is 1.70 bits per heavy atom. The quantitative estimate of drug-likeness (QED) is 0.367. The first-order valence-electron chi connectivity index (χ1n) is 10.9. The third-order valence-corrected chi connectivity index (χ3v) is 5.42. The fraction of sp³-hybridized carbons (Fsp3) is 0.185. The molecule has 0 saturated heterocycles. The van der Waals surface area contributed by atoms with E-state index in [1.54, 1.807) is 19.2 Å². The van der Waals surface area contributed by atoms with Crippen molar-refractivity contribution in [2.75, 3.05) is 13.7 Å². The lowest BCUT2D eigenvalue weighted by Gasteiger charge is -2.12. The van der Waals surface area contributed by atoms with E-state index in [1.807, 2.05) is 60.1 Å². The van der Waals surface area contributed by atoms with E-state index in [0.29, 0.717) is 30.2 Å². The number of benzene rings is 3. The van der Waals surface area contributed by atoms with Crippen LogP contribution in [0, 0.1) is 0 Å². The summed E-state index contributed by atoms with van der Waals surface area (Å²) in [6.45, 7) is 3.16. The number of para-hydroxylation sites is 1. The normalized spacial score (nSPS) is 10.7. The molecule has 33 heavy (non-hydrogen) atoms. The Morgan fingerprint density at radius 3 is 2.42 bits per heavy atom. The van der Waals surface area contributed by atoms with Crippen LogP contribution >= 0.6 is 0 Å². The number of ether oxygens (including phenoxy) is 2. The molecule has 1 heterocycles. The van der Waals surface area contributed by atoms with Gasteiger partial charge in [0, 0.05) is 17.7 Å². The van der Waals surface area contributed by atoms with Crippen LogP contribution in [0.5, 0.6) is 11.5 Å². The number of aromatic carboxylic acids is 1. The van der Waals surface area contributed by atoms with E-state index in [2.05, 4.69) is 12.1 Å². The van der Waals surface area contributed by atoms with Crippen molar-refractivity contribution in [2.24, 2.45) is 0 Å². The van der Waals surface area contributed by atoms with Crippen LogP contribution in [0.1, 0.15) is 22.8 Å². The van der Waals surface area contributed by atoms with Crippen LogP contribution in [-0.4, -0.2) is 34.6 Å². The Labute approximate surface area is 193 Å². The predicted molar refractivity (Wildman–Crippen MR) is 128 cm³/mol. The molecule has 0 bridgehead atoms. The highest BCUT2D eigenvalue weighted by Gasteiger charge is 2.19. The molecular weight excluding hydrogens is 416 g/mol. The van der Waals surface area contributed by atoms with E-state index in [0.717, 1.165) is 23.4 Å². The van der Waals surface area contributed by atoms with Gasteiger partial charge in [0.25, 0.3) is 0 Å². The highest BCUT2D eigenvalue weighted by Crippen LogP contribution is 2.36. The van der Waals surface area contributed by atoms with Crippen molar-refractivity contribution in [2.45, 2.75) is 19.9 Å². The van der Waals surface area contributed by atoms with Gasteiger partial charge in [0.1, 0.15) is 11.5 Å². The molecular formula is C27H26N2O4. The predicted octanol–water partition coefficient (Wildman–Crippen LogP) is 5.57. The van der Waals surface area contributed by atoms with Crippen molar-refractivity contribution in [1.82, 2.24) is 9.78 Å². The van der Waals surface area contributed by atoms with Gasteiger partial charge in [-0.3, -0.25) is 4.68 Å². The minimum atomic E-state index is -0.996. The molecule has 4 aromatic rings. The molecule has 1 aromatic heterocycles. The van der Waals surface area contributed by atoms with Gasteiger partial charge in [-0.05, 0) is 55.3 Å². The zero-order chi connectivity index (χ0) is 23.2. The molecule has 0 amide bonds. The first-order valence-corrected chi connectivity index (χ1v) is 10.9. The minimum Gasteiger partial charge on any atom is -0.496 e. The molecule has 0 aliphatic carbocycles. The molecule has 0 aliphatic heterocycles. The lowest BCUT2D eigenvalue weighted by Crippen LogP contribution is -2.06. The average Bonchev–Trinajstić information content (AvgIpc) is 3.27.